The highest BCUT2D eigenvalue weighted by molar-refractivity contribution is 6.32. The minimum absolute atomic E-state index is 0.254. The fourth-order valence-electron chi connectivity index (χ4n) is 3.02. The molecule has 0 aromatic heterocycles. The average Bonchev–Trinajstić information content (AvgIpc) is 2.52. The molecule has 0 bridgehead atoms. The van der Waals surface area contributed by atoms with Crippen molar-refractivity contribution in [3.8, 4) is 11.5 Å². The minimum atomic E-state index is 0.254. The summed E-state index contributed by atoms with van der Waals surface area (Å²) in [6.45, 7) is 0.964. The van der Waals surface area contributed by atoms with Gasteiger partial charge >= 0.3 is 0 Å². The van der Waals surface area contributed by atoms with Crippen molar-refractivity contribution in [3.05, 3.63) is 22.7 Å². The molecule has 118 valence electrons. The summed E-state index contributed by atoms with van der Waals surface area (Å²) in [7, 11) is 3.18. The second kappa shape index (κ2) is 7.87. The highest BCUT2D eigenvalue weighted by Gasteiger charge is 2.24. The number of benzene rings is 1. The first-order valence-electron chi connectivity index (χ1n) is 7.44. The Morgan fingerprint density at radius 2 is 2.00 bits per heavy atom. The van der Waals surface area contributed by atoms with Crippen LogP contribution in [0.1, 0.15) is 31.2 Å². The van der Waals surface area contributed by atoms with E-state index in [9.17, 15) is 5.11 Å². The van der Waals surface area contributed by atoms with Crippen LogP contribution in [0.5, 0.6) is 11.5 Å². The predicted octanol–water partition coefficient (Wildman–Crippen LogP) is 3.00. The van der Waals surface area contributed by atoms with Crippen LogP contribution in [0.4, 0.5) is 0 Å². The fourth-order valence-corrected chi connectivity index (χ4v) is 3.33. The maximum atomic E-state index is 9.46. The van der Waals surface area contributed by atoms with Gasteiger partial charge in [-0.1, -0.05) is 24.4 Å². The molecule has 1 aliphatic carbocycles. The van der Waals surface area contributed by atoms with E-state index in [-0.39, 0.29) is 6.61 Å². The number of rotatable bonds is 6. The SMILES string of the molecule is COc1cc(CNC2CCCCC2CO)cc(Cl)c1OC. The van der Waals surface area contributed by atoms with Gasteiger partial charge in [-0.3, -0.25) is 0 Å². The highest BCUT2D eigenvalue weighted by Crippen LogP contribution is 2.36. The fraction of sp³-hybridized carbons (Fsp3) is 0.625. The number of hydrogen-bond acceptors (Lipinski definition) is 4. The third kappa shape index (κ3) is 4.02. The molecule has 0 saturated heterocycles. The van der Waals surface area contributed by atoms with Gasteiger partial charge in [-0.25, -0.2) is 0 Å². The lowest BCUT2D eigenvalue weighted by molar-refractivity contribution is 0.152. The molecular weight excluding hydrogens is 290 g/mol. The second-order valence-electron chi connectivity index (χ2n) is 5.53. The van der Waals surface area contributed by atoms with Crippen molar-refractivity contribution < 1.29 is 14.6 Å². The summed E-state index contributed by atoms with van der Waals surface area (Å²) in [4.78, 5) is 0. The maximum Gasteiger partial charge on any atom is 0.179 e. The average molecular weight is 314 g/mol. The number of ether oxygens (including phenoxy) is 2. The summed E-state index contributed by atoms with van der Waals surface area (Å²) in [5, 5.41) is 13.5. The van der Waals surface area contributed by atoms with Crippen LogP contribution in [0.2, 0.25) is 5.02 Å². The molecule has 1 aromatic rings. The molecule has 5 heteroatoms. The standard InChI is InChI=1S/C16H24ClNO3/c1-20-15-8-11(7-13(17)16(15)21-2)9-18-14-6-4-3-5-12(14)10-19/h7-8,12,14,18-19H,3-6,9-10H2,1-2H3. The number of aliphatic hydroxyl groups is 1. The van der Waals surface area contributed by atoms with E-state index in [4.69, 9.17) is 21.1 Å². The first-order chi connectivity index (χ1) is 10.2. The van der Waals surface area contributed by atoms with Gasteiger partial charge < -0.3 is 19.9 Å². The van der Waals surface area contributed by atoms with E-state index in [0.717, 1.165) is 18.4 Å². The van der Waals surface area contributed by atoms with Gasteiger partial charge in [0, 0.05) is 19.2 Å². The smallest absolute Gasteiger partial charge is 0.179 e. The summed E-state index contributed by atoms with van der Waals surface area (Å²) in [6, 6.07) is 4.21. The summed E-state index contributed by atoms with van der Waals surface area (Å²) >= 11 is 6.22. The first kappa shape index (κ1) is 16.4. The Morgan fingerprint density at radius 3 is 2.67 bits per heavy atom. The summed E-state index contributed by atoms with van der Waals surface area (Å²) in [5.74, 6) is 1.56. The monoisotopic (exact) mass is 313 g/mol. The van der Waals surface area contributed by atoms with Crippen molar-refractivity contribution in [2.45, 2.75) is 38.3 Å². The Balaban J connectivity index is 2.04. The van der Waals surface area contributed by atoms with E-state index in [1.54, 1.807) is 14.2 Å². The Hall–Kier alpha value is -0.970. The van der Waals surface area contributed by atoms with E-state index in [2.05, 4.69) is 5.32 Å². The number of aliphatic hydroxyl groups excluding tert-OH is 1. The largest absolute Gasteiger partial charge is 0.493 e. The molecule has 1 saturated carbocycles. The van der Waals surface area contributed by atoms with Crippen LogP contribution in [-0.4, -0.2) is 32.0 Å². The Kier molecular flexibility index (Phi) is 6.15. The van der Waals surface area contributed by atoms with Gasteiger partial charge in [-0.15, -0.1) is 0 Å². The molecular formula is C16H24ClNO3. The molecule has 2 rings (SSSR count). The molecule has 0 radical (unpaired) electrons. The van der Waals surface area contributed by atoms with Gasteiger partial charge in [0.25, 0.3) is 0 Å². The van der Waals surface area contributed by atoms with Gasteiger partial charge in [0.15, 0.2) is 11.5 Å². The molecule has 2 unspecified atom stereocenters. The minimum Gasteiger partial charge on any atom is -0.493 e. The molecule has 21 heavy (non-hydrogen) atoms. The summed E-state index contributed by atoms with van der Waals surface area (Å²) < 4.78 is 10.6. The predicted molar refractivity (Wildman–Crippen MR) is 84.2 cm³/mol. The first-order valence-corrected chi connectivity index (χ1v) is 7.82. The van der Waals surface area contributed by atoms with Crippen molar-refractivity contribution >= 4 is 11.6 Å². The van der Waals surface area contributed by atoms with E-state index in [1.807, 2.05) is 12.1 Å². The Bertz CT molecular complexity index is 467. The van der Waals surface area contributed by atoms with E-state index in [0.29, 0.717) is 35.0 Å². The zero-order valence-electron chi connectivity index (χ0n) is 12.7. The quantitative estimate of drug-likeness (QED) is 0.847. The van der Waals surface area contributed by atoms with Gasteiger partial charge in [0.05, 0.1) is 19.2 Å². The van der Waals surface area contributed by atoms with Crippen molar-refractivity contribution in [2.75, 3.05) is 20.8 Å². The van der Waals surface area contributed by atoms with Crippen molar-refractivity contribution in [2.24, 2.45) is 5.92 Å². The third-order valence-corrected chi connectivity index (χ3v) is 4.49. The van der Waals surface area contributed by atoms with E-state index in [1.165, 1.54) is 12.8 Å². The normalized spacial score (nSPS) is 22.1. The van der Waals surface area contributed by atoms with Crippen LogP contribution in [0, 0.1) is 5.92 Å². The van der Waals surface area contributed by atoms with Crippen LogP contribution in [0.15, 0.2) is 12.1 Å². The van der Waals surface area contributed by atoms with Crippen molar-refractivity contribution in [1.82, 2.24) is 5.32 Å². The molecule has 0 spiro atoms. The van der Waals surface area contributed by atoms with Crippen molar-refractivity contribution in [1.29, 1.82) is 0 Å². The number of hydrogen-bond donors (Lipinski definition) is 2. The van der Waals surface area contributed by atoms with E-state index >= 15 is 0 Å². The number of nitrogens with one attached hydrogen (secondary N) is 1. The van der Waals surface area contributed by atoms with Crippen LogP contribution < -0.4 is 14.8 Å². The molecule has 2 N–H and O–H groups in total. The Labute approximate surface area is 131 Å². The lowest BCUT2D eigenvalue weighted by atomic mass is 9.85. The van der Waals surface area contributed by atoms with Gasteiger partial charge in [-0.05, 0) is 36.5 Å². The molecule has 1 aromatic carbocycles. The molecule has 0 amide bonds. The molecule has 1 aliphatic rings. The molecule has 4 nitrogen and oxygen atoms in total. The highest BCUT2D eigenvalue weighted by atomic mass is 35.5. The van der Waals surface area contributed by atoms with Gasteiger partial charge in [-0.2, -0.15) is 0 Å². The van der Waals surface area contributed by atoms with Crippen LogP contribution in [0.25, 0.3) is 0 Å². The van der Waals surface area contributed by atoms with Crippen LogP contribution in [-0.2, 0) is 6.54 Å². The van der Waals surface area contributed by atoms with Crippen LogP contribution in [0.3, 0.4) is 0 Å². The molecule has 0 aliphatic heterocycles. The van der Waals surface area contributed by atoms with E-state index < -0.39 is 0 Å². The van der Waals surface area contributed by atoms with Gasteiger partial charge in [0.1, 0.15) is 0 Å². The maximum absolute atomic E-state index is 9.46. The van der Waals surface area contributed by atoms with Crippen molar-refractivity contribution in [3.63, 3.8) is 0 Å². The number of halogens is 1. The lowest BCUT2D eigenvalue weighted by Gasteiger charge is -2.31. The second-order valence-corrected chi connectivity index (χ2v) is 5.93. The zero-order valence-corrected chi connectivity index (χ0v) is 13.4. The topological polar surface area (TPSA) is 50.7 Å². The molecule has 2 atom stereocenters. The molecule has 1 fully saturated rings. The van der Waals surface area contributed by atoms with Gasteiger partial charge in [0.2, 0.25) is 0 Å². The zero-order chi connectivity index (χ0) is 15.2. The Morgan fingerprint density at radius 1 is 1.24 bits per heavy atom. The summed E-state index contributed by atoms with van der Waals surface area (Å²) in [5.41, 5.74) is 1.06. The third-order valence-electron chi connectivity index (χ3n) is 4.21. The molecule has 0 heterocycles. The lowest BCUT2D eigenvalue weighted by Crippen LogP contribution is -2.39. The van der Waals surface area contributed by atoms with Crippen LogP contribution >= 0.6 is 11.6 Å². The summed E-state index contributed by atoms with van der Waals surface area (Å²) in [6.07, 6.45) is 4.65. The number of methoxy groups -OCH3 is 2.